The Morgan fingerprint density at radius 1 is 1.17 bits per heavy atom. The molecule has 0 spiro atoms. The highest BCUT2D eigenvalue weighted by Crippen LogP contribution is 2.17. The molecule has 1 fully saturated rings. The van der Waals surface area contributed by atoms with E-state index in [0.29, 0.717) is 19.4 Å². The standard InChI is InChI=1S/C21H26N4O5/c1-2-24-19(27)17(16(26)13-23-10-6-9-15(12-23)20(28)29)18(22)25(21(24)30)11-14-7-4-3-5-8-14/h3-5,7-8,15H,2,6,9-13,22H2,1H3,(H,28,29)/t15-/m1/s1. The number of carbonyl (C=O) groups excluding carboxylic acids is 1. The van der Waals surface area contributed by atoms with Gasteiger partial charge >= 0.3 is 11.7 Å². The summed E-state index contributed by atoms with van der Waals surface area (Å²) in [4.78, 5) is 51.7. The van der Waals surface area contributed by atoms with Crippen molar-refractivity contribution < 1.29 is 14.7 Å². The Morgan fingerprint density at radius 3 is 2.50 bits per heavy atom. The second kappa shape index (κ2) is 9.08. The predicted octanol–water partition coefficient (Wildman–Crippen LogP) is 0.640. The van der Waals surface area contributed by atoms with E-state index in [-0.39, 0.29) is 37.6 Å². The van der Waals surface area contributed by atoms with Gasteiger partial charge in [0.1, 0.15) is 11.4 Å². The summed E-state index contributed by atoms with van der Waals surface area (Å²) in [6.45, 7) is 2.60. The Bertz CT molecular complexity index is 1060. The zero-order chi connectivity index (χ0) is 21.8. The molecule has 30 heavy (non-hydrogen) atoms. The van der Waals surface area contributed by atoms with Crippen molar-refractivity contribution >= 4 is 17.6 Å². The molecule has 0 bridgehead atoms. The van der Waals surface area contributed by atoms with Crippen LogP contribution in [0, 0.1) is 5.92 Å². The molecule has 0 aliphatic carbocycles. The van der Waals surface area contributed by atoms with Crippen LogP contribution in [-0.2, 0) is 17.9 Å². The van der Waals surface area contributed by atoms with E-state index in [2.05, 4.69) is 0 Å². The Hall–Kier alpha value is -3.20. The number of piperidine rings is 1. The molecule has 1 aromatic heterocycles. The van der Waals surface area contributed by atoms with Gasteiger partial charge in [0.25, 0.3) is 5.56 Å². The minimum absolute atomic E-state index is 0.109. The maximum atomic E-state index is 13.0. The molecule has 2 heterocycles. The minimum Gasteiger partial charge on any atom is -0.481 e. The largest absolute Gasteiger partial charge is 0.481 e. The number of benzene rings is 1. The maximum absolute atomic E-state index is 13.0. The van der Waals surface area contributed by atoms with Crippen LogP contribution >= 0.6 is 0 Å². The average Bonchev–Trinajstić information content (AvgIpc) is 2.72. The van der Waals surface area contributed by atoms with E-state index >= 15 is 0 Å². The molecule has 0 amide bonds. The zero-order valence-corrected chi connectivity index (χ0v) is 16.9. The molecule has 1 aliphatic heterocycles. The van der Waals surface area contributed by atoms with Crippen LogP contribution in [0.1, 0.15) is 35.7 Å². The van der Waals surface area contributed by atoms with Gasteiger partial charge in [0.05, 0.1) is 19.0 Å². The Labute approximate surface area is 173 Å². The number of aromatic nitrogens is 2. The SMILES string of the molecule is CCn1c(=O)c(C(=O)CN2CCC[C@@H](C(=O)O)C2)c(N)n(Cc2ccccc2)c1=O. The summed E-state index contributed by atoms with van der Waals surface area (Å²) < 4.78 is 2.24. The Kier molecular flexibility index (Phi) is 6.51. The second-order valence-electron chi connectivity index (χ2n) is 7.50. The van der Waals surface area contributed by atoms with Crippen LogP contribution in [0.5, 0.6) is 0 Å². The Balaban J connectivity index is 1.96. The molecule has 0 unspecified atom stereocenters. The molecule has 2 aromatic rings. The number of nitrogens with zero attached hydrogens (tertiary/aromatic N) is 3. The number of Topliss-reactive ketones (excluding diaryl/α,β-unsaturated/α-hetero) is 1. The normalized spacial score (nSPS) is 17.0. The van der Waals surface area contributed by atoms with E-state index in [1.54, 1.807) is 11.8 Å². The lowest BCUT2D eigenvalue weighted by molar-refractivity contribution is -0.143. The van der Waals surface area contributed by atoms with Gasteiger partial charge in [-0.3, -0.25) is 28.4 Å². The summed E-state index contributed by atoms with van der Waals surface area (Å²) in [6, 6.07) is 9.16. The number of ketones is 1. The fraction of sp³-hybridized carbons (Fsp3) is 0.429. The van der Waals surface area contributed by atoms with E-state index in [1.165, 1.54) is 4.57 Å². The highest BCUT2D eigenvalue weighted by molar-refractivity contribution is 6.01. The van der Waals surface area contributed by atoms with Crippen molar-refractivity contribution in [3.05, 3.63) is 62.3 Å². The lowest BCUT2D eigenvalue weighted by atomic mass is 9.98. The molecule has 9 heteroatoms. The van der Waals surface area contributed by atoms with Gasteiger partial charge in [-0.1, -0.05) is 30.3 Å². The van der Waals surface area contributed by atoms with Gasteiger partial charge in [-0.2, -0.15) is 0 Å². The monoisotopic (exact) mass is 414 g/mol. The van der Waals surface area contributed by atoms with Gasteiger partial charge in [-0.05, 0) is 31.9 Å². The maximum Gasteiger partial charge on any atom is 0.332 e. The predicted molar refractivity (Wildman–Crippen MR) is 112 cm³/mol. The van der Waals surface area contributed by atoms with E-state index in [1.807, 2.05) is 30.3 Å². The smallest absolute Gasteiger partial charge is 0.332 e. The first-order valence-electron chi connectivity index (χ1n) is 9.98. The molecule has 0 saturated carbocycles. The summed E-state index contributed by atoms with van der Waals surface area (Å²) in [5, 5.41) is 9.25. The second-order valence-corrected chi connectivity index (χ2v) is 7.50. The number of likely N-dealkylation sites (tertiary alicyclic amines) is 1. The van der Waals surface area contributed by atoms with Crippen molar-refractivity contribution in [2.45, 2.75) is 32.9 Å². The van der Waals surface area contributed by atoms with Crippen LogP contribution in [0.2, 0.25) is 0 Å². The number of carbonyl (C=O) groups is 2. The highest BCUT2D eigenvalue weighted by Gasteiger charge is 2.29. The molecule has 160 valence electrons. The number of hydrogen-bond acceptors (Lipinski definition) is 6. The number of carboxylic acid groups (broad SMARTS) is 1. The number of rotatable bonds is 7. The van der Waals surface area contributed by atoms with Crippen molar-refractivity contribution in [1.82, 2.24) is 14.0 Å². The summed E-state index contributed by atoms with van der Waals surface area (Å²) in [5.41, 5.74) is 5.48. The lowest BCUT2D eigenvalue weighted by Gasteiger charge is -2.30. The molecule has 3 N–H and O–H groups in total. The van der Waals surface area contributed by atoms with Crippen molar-refractivity contribution in [2.75, 3.05) is 25.4 Å². The molecule has 3 rings (SSSR count). The number of carboxylic acids is 1. The van der Waals surface area contributed by atoms with Crippen LogP contribution in [0.4, 0.5) is 5.82 Å². The van der Waals surface area contributed by atoms with Gasteiger partial charge in [0, 0.05) is 13.1 Å². The van der Waals surface area contributed by atoms with Gasteiger partial charge in [-0.25, -0.2) is 4.79 Å². The van der Waals surface area contributed by atoms with Crippen LogP contribution in [0.15, 0.2) is 39.9 Å². The fourth-order valence-electron chi connectivity index (χ4n) is 3.86. The third-order valence-corrected chi connectivity index (χ3v) is 5.47. The van der Waals surface area contributed by atoms with Gasteiger partial charge < -0.3 is 10.8 Å². The van der Waals surface area contributed by atoms with Crippen LogP contribution < -0.4 is 17.0 Å². The molecular formula is C21H26N4O5. The number of nitrogens with two attached hydrogens (primary N) is 1. The number of anilines is 1. The third kappa shape index (κ3) is 4.35. The topological polar surface area (TPSA) is 128 Å². The van der Waals surface area contributed by atoms with Crippen LogP contribution in [0.25, 0.3) is 0 Å². The van der Waals surface area contributed by atoms with Crippen molar-refractivity contribution in [3.63, 3.8) is 0 Å². The van der Waals surface area contributed by atoms with Gasteiger partial charge in [0.2, 0.25) is 0 Å². The molecule has 1 atom stereocenters. The van der Waals surface area contributed by atoms with Crippen LogP contribution in [0.3, 0.4) is 0 Å². The Morgan fingerprint density at radius 2 is 1.87 bits per heavy atom. The lowest BCUT2D eigenvalue weighted by Crippen LogP contribution is -2.46. The van der Waals surface area contributed by atoms with E-state index in [4.69, 9.17) is 5.73 Å². The van der Waals surface area contributed by atoms with Crippen molar-refractivity contribution in [1.29, 1.82) is 0 Å². The summed E-state index contributed by atoms with van der Waals surface area (Å²) in [6.07, 6.45) is 1.22. The zero-order valence-electron chi connectivity index (χ0n) is 16.9. The molecule has 0 radical (unpaired) electrons. The number of nitrogen functional groups attached to an aromatic ring is 1. The average molecular weight is 414 g/mol. The third-order valence-electron chi connectivity index (χ3n) is 5.47. The molecular weight excluding hydrogens is 388 g/mol. The van der Waals surface area contributed by atoms with E-state index in [9.17, 15) is 24.3 Å². The van der Waals surface area contributed by atoms with Gasteiger partial charge in [-0.15, -0.1) is 0 Å². The number of hydrogen-bond donors (Lipinski definition) is 2. The highest BCUT2D eigenvalue weighted by atomic mass is 16.4. The first kappa shape index (κ1) is 21.5. The van der Waals surface area contributed by atoms with Gasteiger partial charge in [0.15, 0.2) is 5.78 Å². The molecule has 1 aliphatic rings. The molecule has 1 aromatic carbocycles. The summed E-state index contributed by atoms with van der Waals surface area (Å²) >= 11 is 0. The van der Waals surface area contributed by atoms with Crippen molar-refractivity contribution in [3.8, 4) is 0 Å². The molecule has 1 saturated heterocycles. The molecule has 9 nitrogen and oxygen atoms in total. The van der Waals surface area contributed by atoms with E-state index < -0.39 is 28.9 Å². The minimum atomic E-state index is -0.892. The van der Waals surface area contributed by atoms with Crippen molar-refractivity contribution in [2.24, 2.45) is 5.92 Å². The quantitative estimate of drug-likeness (QED) is 0.636. The first-order chi connectivity index (χ1) is 14.3. The van der Waals surface area contributed by atoms with E-state index in [0.717, 1.165) is 10.1 Å². The summed E-state index contributed by atoms with van der Waals surface area (Å²) in [7, 11) is 0. The first-order valence-corrected chi connectivity index (χ1v) is 9.98. The van der Waals surface area contributed by atoms with Crippen LogP contribution in [-0.4, -0.2) is 50.5 Å². The number of aliphatic carboxylic acids is 1. The fourth-order valence-corrected chi connectivity index (χ4v) is 3.86. The summed E-state index contributed by atoms with van der Waals surface area (Å²) in [5.74, 6) is -2.09.